The summed E-state index contributed by atoms with van der Waals surface area (Å²) in [5, 5.41) is 16.8. The zero-order valence-electron chi connectivity index (χ0n) is 13.8. The number of hydrogen-bond acceptors (Lipinski definition) is 5. The molecule has 0 radical (unpaired) electrons. The van der Waals surface area contributed by atoms with Crippen LogP contribution in [0.4, 0.5) is 11.5 Å². The van der Waals surface area contributed by atoms with Crippen LogP contribution in [0.2, 0.25) is 0 Å². The summed E-state index contributed by atoms with van der Waals surface area (Å²) in [5.74, 6) is 2.44. The molecule has 7 heteroatoms. The van der Waals surface area contributed by atoms with Gasteiger partial charge in [-0.25, -0.2) is 0 Å². The predicted octanol–water partition coefficient (Wildman–Crippen LogP) is 3.46. The average molecular weight is 399 g/mol. The topological polar surface area (TPSA) is 58.3 Å². The second-order valence-corrected chi connectivity index (χ2v) is 7.79. The van der Waals surface area contributed by atoms with Gasteiger partial charge in [-0.05, 0) is 55.7 Å². The smallest absolute Gasteiger partial charge is 0.178 e. The monoisotopic (exact) mass is 398 g/mol. The molecule has 1 aromatic carbocycles. The van der Waals surface area contributed by atoms with Crippen molar-refractivity contribution >= 4 is 33.1 Å². The Balaban J connectivity index is 1.31. The lowest BCUT2D eigenvalue weighted by atomic mass is 10.2. The van der Waals surface area contributed by atoms with E-state index in [0.29, 0.717) is 12.0 Å². The molecule has 1 unspecified atom stereocenters. The Hall–Kier alpha value is -2.15. The van der Waals surface area contributed by atoms with Crippen LogP contribution in [0.1, 0.15) is 31.0 Å². The van der Waals surface area contributed by atoms with Gasteiger partial charge in [-0.3, -0.25) is 0 Å². The number of hydrogen-bond donors (Lipinski definition) is 1. The Morgan fingerprint density at radius 2 is 1.84 bits per heavy atom. The Morgan fingerprint density at radius 3 is 2.64 bits per heavy atom. The molecule has 128 valence electrons. The van der Waals surface area contributed by atoms with E-state index in [9.17, 15) is 0 Å². The van der Waals surface area contributed by atoms with Crippen molar-refractivity contribution in [2.75, 3.05) is 23.3 Å². The van der Waals surface area contributed by atoms with E-state index in [-0.39, 0.29) is 0 Å². The highest BCUT2D eigenvalue weighted by atomic mass is 79.9. The Labute approximate surface area is 154 Å². The second-order valence-electron chi connectivity index (χ2n) is 6.87. The van der Waals surface area contributed by atoms with Crippen molar-refractivity contribution < 1.29 is 0 Å². The third-order valence-electron chi connectivity index (χ3n) is 4.96. The highest BCUT2D eigenvalue weighted by molar-refractivity contribution is 9.10. The molecule has 0 spiro atoms. The van der Waals surface area contributed by atoms with Gasteiger partial charge in [0, 0.05) is 35.2 Å². The predicted molar refractivity (Wildman–Crippen MR) is 101 cm³/mol. The van der Waals surface area contributed by atoms with Crippen LogP contribution in [0, 0.1) is 0 Å². The molecule has 1 aliphatic heterocycles. The molecule has 25 heavy (non-hydrogen) atoms. The van der Waals surface area contributed by atoms with E-state index in [2.05, 4.69) is 60.6 Å². The van der Waals surface area contributed by atoms with Crippen molar-refractivity contribution in [2.45, 2.75) is 31.2 Å². The van der Waals surface area contributed by atoms with Crippen LogP contribution in [0.5, 0.6) is 0 Å². The highest BCUT2D eigenvalue weighted by Crippen LogP contribution is 2.38. The molecule has 0 amide bonds. The second kappa shape index (κ2) is 5.98. The fourth-order valence-corrected chi connectivity index (χ4v) is 3.72. The SMILES string of the molecule is Brc1ccc(N2CCC(Nc3ccc4nnc(C5CC5)n4n3)C2)cc1. The lowest BCUT2D eigenvalue weighted by Gasteiger charge is -2.19. The van der Waals surface area contributed by atoms with E-state index >= 15 is 0 Å². The maximum Gasteiger partial charge on any atom is 0.178 e. The van der Waals surface area contributed by atoms with Gasteiger partial charge in [0.1, 0.15) is 5.82 Å². The lowest BCUT2D eigenvalue weighted by molar-refractivity contribution is 0.772. The van der Waals surface area contributed by atoms with Gasteiger partial charge in [-0.15, -0.1) is 15.3 Å². The average Bonchev–Trinajstić information content (AvgIpc) is 3.21. The van der Waals surface area contributed by atoms with Crippen LogP contribution in [0.25, 0.3) is 5.65 Å². The van der Waals surface area contributed by atoms with Crippen LogP contribution in [-0.4, -0.2) is 38.9 Å². The zero-order chi connectivity index (χ0) is 16.8. The largest absolute Gasteiger partial charge is 0.369 e. The molecule has 0 bridgehead atoms. The van der Waals surface area contributed by atoms with Gasteiger partial charge >= 0.3 is 0 Å². The van der Waals surface area contributed by atoms with Crippen molar-refractivity contribution in [3.05, 3.63) is 46.7 Å². The minimum Gasteiger partial charge on any atom is -0.369 e. The molecule has 2 aromatic heterocycles. The zero-order valence-corrected chi connectivity index (χ0v) is 15.4. The van der Waals surface area contributed by atoms with Gasteiger partial charge in [0.05, 0.1) is 0 Å². The van der Waals surface area contributed by atoms with Crippen LogP contribution in [0.3, 0.4) is 0 Å². The summed E-state index contributed by atoms with van der Waals surface area (Å²) in [6, 6.07) is 12.9. The van der Waals surface area contributed by atoms with Gasteiger partial charge in [-0.1, -0.05) is 15.9 Å². The summed E-state index contributed by atoms with van der Waals surface area (Å²) in [6.45, 7) is 2.04. The van der Waals surface area contributed by atoms with Crippen molar-refractivity contribution in [2.24, 2.45) is 0 Å². The van der Waals surface area contributed by atoms with Crippen molar-refractivity contribution in [1.29, 1.82) is 0 Å². The molecular formula is C18H19BrN6. The number of anilines is 2. The van der Waals surface area contributed by atoms with Gasteiger partial charge in [0.2, 0.25) is 0 Å². The Bertz CT molecular complexity index is 902. The van der Waals surface area contributed by atoms with Crippen LogP contribution in [-0.2, 0) is 0 Å². The number of aromatic nitrogens is 4. The van der Waals surface area contributed by atoms with Crippen molar-refractivity contribution in [3.63, 3.8) is 0 Å². The molecule has 1 atom stereocenters. The minimum absolute atomic E-state index is 0.398. The number of nitrogens with zero attached hydrogens (tertiary/aromatic N) is 5. The summed E-state index contributed by atoms with van der Waals surface area (Å²) in [6.07, 6.45) is 3.50. The molecule has 2 fully saturated rings. The van der Waals surface area contributed by atoms with Gasteiger partial charge in [0.15, 0.2) is 11.5 Å². The first kappa shape index (κ1) is 15.1. The fourth-order valence-electron chi connectivity index (χ4n) is 3.45. The van der Waals surface area contributed by atoms with E-state index in [1.807, 2.05) is 16.6 Å². The summed E-state index contributed by atoms with van der Waals surface area (Å²) in [4.78, 5) is 2.41. The highest BCUT2D eigenvalue weighted by Gasteiger charge is 2.29. The first-order chi connectivity index (χ1) is 12.3. The minimum atomic E-state index is 0.398. The fraction of sp³-hybridized carbons (Fsp3) is 0.389. The van der Waals surface area contributed by atoms with Gasteiger partial charge in [-0.2, -0.15) is 4.52 Å². The molecule has 3 heterocycles. The molecule has 1 aliphatic carbocycles. The van der Waals surface area contributed by atoms with E-state index in [1.54, 1.807) is 0 Å². The molecule has 6 nitrogen and oxygen atoms in total. The number of nitrogens with one attached hydrogen (secondary N) is 1. The van der Waals surface area contributed by atoms with Crippen molar-refractivity contribution in [1.82, 2.24) is 19.8 Å². The summed E-state index contributed by atoms with van der Waals surface area (Å²) in [5.41, 5.74) is 2.10. The Kier molecular flexibility index (Phi) is 3.62. The molecule has 2 aliphatic rings. The molecule has 1 saturated carbocycles. The maximum absolute atomic E-state index is 4.73. The third kappa shape index (κ3) is 2.97. The van der Waals surface area contributed by atoms with Crippen LogP contribution in [0.15, 0.2) is 40.9 Å². The summed E-state index contributed by atoms with van der Waals surface area (Å²) in [7, 11) is 0. The molecule has 5 rings (SSSR count). The first-order valence-electron chi connectivity index (χ1n) is 8.76. The lowest BCUT2D eigenvalue weighted by Crippen LogP contribution is -2.26. The van der Waals surface area contributed by atoms with E-state index in [1.165, 1.54) is 18.5 Å². The summed E-state index contributed by atoms with van der Waals surface area (Å²) < 4.78 is 3.02. The number of rotatable bonds is 4. The third-order valence-corrected chi connectivity index (χ3v) is 5.49. The number of halogens is 1. The van der Waals surface area contributed by atoms with Crippen molar-refractivity contribution in [3.8, 4) is 0 Å². The van der Waals surface area contributed by atoms with E-state index in [0.717, 1.165) is 41.3 Å². The first-order valence-corrected chi connectivity index (χ1v) is 9.55. The Morgan fingerprint density at radius 1 is 1.00 bits per heavy atom. The summed E-state index contributed by atoms with van der Waals surface area (Å²) >= 11 is 3.50. The molecule has 1 N–H and O–H groups in total. The quantitative estimate of drug-likeness (QED) is 0.728. The van der Waals surface area contributed by atoms with Crippen LogP contribution >= 0.6 is 15.9 Å². The molecule has 1 saturated heterocycles. The molecule has 3 aromatic rings. The van der Waals surface area contributed by atoms with Crippen LogP contribution < -0.4 is 10.2 Å². The standard InChI is InChI=1S/C18H19BrN6/c19-13-3-5-15(6-4-13)24-10-9-14(11-24)20-16-7-8-17-21-22-18(12-1-2-12)25(17)23-16/h3-8,12,14H,1-2,9-11H2,(H,20,23). The normalized spacial score (nSPS) is 20.4. The van der Waals surface area contributed by atoms with E-state index in [4.69, 9.17) is 5.10 Å². The van der Waals surface area contributed by atoms with Gasteiger partial charge < -0.3 is 10.2 Å². The maximum atomic E-state index is 4.73. The van der Waals surface area contributed by atoms with Gasteiger partial charge in [0.25, 0.3) is 0 Å². The van der Waals surface area contributed by atoms with E-state index < -0.39 is 0 Å². The number of benzene rings is 1. The molecular weight excluding hydrogens is 380 g/mol. The number of fused-ring (bicyclic) bond motifs is 1.